The van der Waals surface area contributed by atoms with Gasteiger partial charge >= 0.3 is 23.1 Å². The van der Waals surface area contributed by atoms with Gasteiger partial charge in [-0.1, -0.05) is 38.1 Å². The summed E-state index contributed by atoms with van der Waals surface area (Å²) in [6.45, 7) is 4.46. The van der Waals surface area contributed by atoms with Crippen molar-refractivity contribution >= 4 is 23.1 Å². The molecule has 2 rings (SSSR count). The fourth-order valence-electron chi connectivity index (χ4n) is 1.83. The van der Waals surface area contributed by atoms with Crippen LogP contribution in [0.2, 0.25) is 0 Å². The van der Waals surface area contributed by atoms with E-state index < -0.39 is 0 Å². The molecular formula is C15H15BrMg. The van der Waals surface area contributed by atoms with Crippen molar-refractivity contribution in [1.82, 2.24) is 0 Å². The standard InChI is InChI=1S/C15H15.BrH.Mg/c1-12(2)14-10-6-7-11-15(14)13-8-4-3-5-9-13;;/h4-12H,1-2H3;1H;/q-1;;+2/p-1. The molecule has 0 radical (unpaired) electrons. The Bertz CT molecular complexity index is 438. The third-order valence-electron chi connectivity index (χ3n) is 2.61. The number of hydrogen-bond acceptors (Lipinski definition) is 0. The van der Waals surface area contributed by atoms with Crippen molar-refractivity contribution in [1.29, 1.82) is 0 Å². The number of rotatable bonds is 2. The number of benzene rings is 2. The van der Waals surface area contributed by atoms with E-state index in [-0.39, 0.29) is 40.0 Å². The Kier molecular flexibility index (Phi) is 7.76. The van der Waals surface area contributed by atoms with Crippen LogP contribution in [0.25, 0.3) is 11.1 Å². The van der Waals surface area contributed by atoms with Crippen LogP contribution in [0, 0.1) is 6.07 Å². The minimum absolute atomic E-state index is 0. The van der Waals surface area contributed by atoms with Crippen molar-refractivity contribution in [3.05, 3.63) is 60.2 Å². The molecule has 0 nitrogen and oxygen atoms in total. The number of halogens is 1. The average Bonchev–Trinajstić information content (AvgIpc) is 2.30. The summed E-state index contributed by atoms with van der Waals surface area (Å²) in [5.41, 5.74) is 4.02. The van der Waals surface area contributed by atoms with E-state index in [2.05, 4.69) is 56.3 Å². The predicted molar refractivity (Wildman–Crippen MR) is 70.6 cm³/mol. The van der Waals surface area contributed by atoms with Gasteiger partial charge in [0.1, 0.15) is 0 Å². The minimum atomic E-state index is 0. The van der Waals surface area contributed by atoms with Gasteiger partial charge in [0.2, 0.25) is 0 Å². The summed E-state index contributed by atoms with van der Waals surface area (Å²) in [5.74, 6) is 0.561. The first-order valence-corrected chi connectivity index (χ1v) is 5.34. The van der Waals surface area contributed by atoms with Crippen LogP contribution in [-0.2, 0) is 0 Å². The SMILES string of the molecule is CC(C)c1ccccc1-c1cc[c-]cc1.[Br-].[Mg+2]. The zero-order valence-corrected chi connectivity index (χ0v) is 13.3. The molecule has 0 aromatic heterocycles. The zero-order valence-electron chi connectivity index (χ0n) is 10.3. The Morgan fingerprint density at radius 2 is 1.53 bits per heavy atom. The van der Waals surface area contributed by atoms with Gasteiger partial charge in [0.05, 0.1) is 0 Å². The molecular weight excluding hydrogens is 284 g/mol. The molecule has 0 aliphatic heterocycles. The van der Waals surface area contributed by atoms with Crippen molar-refractivity contribution in [2.45, 2.75) is 19.8 Å². The maximum Gasteiger partial charge on any atom is 2.00 e. The number of hydrogen-bond donors (Lipinski definition) is 0. The molecule has 0 unspecified atom stereocenters. The van der Waals surface area contributed by atoms with Gasteiger partial charge in [-0.3, -0.25) is 0 Å². The molecule has 0 fully saturated rings. The van der Waals surface area contributed by atoms with Crippen LogP contribution in [0.5, 0.6) is 0 Å². The zero-order chi connectivity index (χ0) is 10.7. The maximum absolute atomic E-state index is 3.05. The summed E-state index contributed by atoms with van der Waals surface area (Å²) in [6, 6.07) is 19.8. The Balaban J connectivity index is 0.00000128. The third-order valence-corrected chi connectivity index (χ3v) is 2.61. The molecule has 17 heavy (non-hydrogen) atoms. The van der Waals surface area contributed by atoms with Gasteiger partial charge < -0.3 is 17.0 Å². The van der Waals surface area contributed by atoms with Crippen molar-refractivity contribution in [3.8, 4) is 11.1 Å². The molecule has 0 atom stereocenters. The van der Waals surface area contributed by atoms with E-state index in [1.807, 2.05) is 12.1 Å². The van der Waals surface area contributed by atoms with Gasteiger partial charge in [-0.25, -0.2) is 0 Å². The van der Waals surface area contributed by atoms with Crippen molar-refractivity contribution in [2.75, 3.05) is 0 Å². The van der Waals surface area contributed by atoms with Crippen LogP contribution in [0.1, 0.15) is 25.3 Å². The van der Waals surface area contributed by atoms with Crippen LogP contribution in [-0.4, -0.2) is 23.1 Å². The second-order valence-electron chi connectivity index (χ2n) is 4.03. The molecule has 2 aromatic carbocycles. The Labute approximate surface area is 130 Å². The summed E-state index contributed by atoms with van der Waals surface area (Å²) in [6.07, 6.45) is 0. The predicted octanol–water partition coefficient (Wildman–Crippen LogP) is 0.900. The van der Waals surface area contributed by atoms with Gasteiger partial charge in [0.25, 0.3) is 0 Å². The molecule has 0 aliphatic carbocycles. The molecule has 0 heterocycles. The quantitative estimate of drug-likeness (QED) is 0.571. The van der Waals surface area contributed by atoms with Crippen molar-refractivity contribution in [3.63, 3.8) is 0 Å². The summed E-state index contributed by atoms with van der Waals surface area (Å²) in [5, 5.41) is 0. The van der Waals surface area contributed by atoms with Gasteiger partial charge in [0.15, 0.2) is 0 Å². The van der Waals surface area contributed by atoms with Crippen LogP contribution in [0.4, 0.5) is 0 Å². The summed E-state index contributed by atoms with van der Waals surface area (Å²) >= 11 is 0. The average molecular weight is 299 g/mol. The Hall–Kier alpha value is -0.314. The fourth-order valence-corrected chi connectivity index (χ4v) is 1.83. The first-order valence-electron chi connectivity index (χ1n) is 5.34. The van der Waals surface area contributed by atoms with Gasteiger partial charge in [-0.2, -0.15) is 30.3 Å². The second kappa shape index (κ2) is 7.91. The van der Waals surface area contributed by atoms with E-state index in [1.165, 1.54) is 16.7 Å². The Morgan fingerprint density at radius 1 is 0.941 bits per heavy atom. The molecule has 84 valence electrons. The third kappa shape index (κ3) is 4.13. The minimum Gasteiger partial charge on any atom is -1.00 e. The van der Waals surface area contributed by atoms with Crippen molar-refractivity contribution < 1.29 is 17.0 Å². The molecule has 0 amide bonds. The molecule has 2 heteroatoms. The maximum atomic E-state index is 3.05. The summed E-state index contributed by atoms with van der Waals surface area (Å²) < 4.78 is 0. The van der Waals surface area contributed by atoms with Gasteiger partial charge in [-0.15, -0.1) is 5.56 Å². The van der Waals surface area contributed by atoms with Crippen LogP contribution in [0.3, 0.4) is 0 Å². The second-order valence-corrected chi connectivity index (χ2v) is 4.03. The fraction of sp³-hybridized carbons (Fsp3) is 0.200. The summed E-state index contributed by atoms with van der Waals surface area (Å²) in [4.78, 5) is 0. The Morgan fingerprint density at radius 3 is 2.12 bits per heavy atom. The van der Waals surface area contributed by atoms with Crippen LogP contribution >= 0.6 is 0 Å². The molecule has 0 N–H and O–H groups in total. The largest absolute Gasteiger partial charge is 2.00 e. The van der Waals surface area contributed by atoms with Crippen molar-refractivity contribution in [2.24, 2.45) is 0 Å². The first-order chi connectivity index (χ1) is 7.29. The molecule has 0 saturated carbocycles. The van der Waals surface area contributed by atoms with E-state index in [0.717, 1.165) is 0 Å². The van der Waals surface area contributed by atoms with E-state index >= 15 is 0 Å². The topological polar surface area (TPSA) is 0 Å². The molecule has 0 bridgehead atoms. The van der Waals surface area contributed by atoms with E-state index in [0.29, 0.717) is 5.92 Å². The van der Waals surface area contributed by atoms with Gasteiger partial charge in [0, 0.05) is 0 Å². The smallest absolute Gasteiger partial charge is 1.00 e. The van der Waals surface area contributed by atoms with E-state index in [4.69, 9.17) is 0 Å². The van der Waals surface area contributed by atoms with Crippen LogP contribution in [0.15, 0.2) is 48.5 Å². The molecule has 2 aromatic rings. The first kappa shape index (κ1) is 16.7. The van der Waals surface area contributed by atoms with Gasteiger partial charge in [-0.05, 0) is 17.0 Å². The monoisotopic (exact) mass is 298 g/mol. The molecule has 0 spiro atoms. The van der Waals surface area contributed by atoms with E-state index in [9.17, 15) is 0 Å². The van der Waals surface area contributed by atoms with Crippen LogP contribution < -0.4 is 17.0 Å². The van der Waals surface area contributed by atoms with E-state index in [1.54, 1.807) is 0 Å². The normalized spacial score (nSPS) is 9.35. The summed E-state index contributed by atoms with van der Waals surface area (Å²) in [7, 11) is 0. The molecule has 0 aliphatic rings. The molecule has 0 saturated heterocycles.